The standard InChI is InChI=1S/C24H20ClN3O3/c25-17-11-9-16(10-12-17)22-21(24(31,14-26)23(27)30)20-18(7-4-8-19(20)29)28(22)13-15-5-2-1-3-6-15/h1-3,5-6,9-12,31H,4,7-8,13H2,(H2,27,30). The Morgan fingerprint density at radius 2 is 1.84 bits per heavy atom. The normalized spacial score (nSPS) is 15.1. The SMILES string of the molecule is N#CC(O)(C(N)=O)c1c2c(n(Cc3ccccc3)c1-c1ccc(Cl)cc1)CCCC2=O. The maximum Gasteiger partial charge on any atom is 0.269 e. The van der Waals surface area contributed by atoms with Gasteiger partial charge >= 0.3 is 0 Å². The number of rotatable bonds is 5. The fraction of sp³-hybridized carbons (Fsp3) is 0.208. The van der Waals surface area contributed by atoms with Crippen LogP contribution in [-0.4, -0.2) is 21.4 Å². The molecule has 2 aromatic carbocycles. The highest BCUT2D eigenvalue weighted by molar-refractivity contribution is 6.30. The Morgan fingerprint density at radius 3 is 2.45 bits per heavy atom. The Balaban J connectivity index is 2.10. The third-order valence-corrected chi connectivity index (χ3v) is 5.90. The molecule has 4 rings (SSSR count). The molecule has 7 heteroatoms. The number of primary amides is 1. The summed E-state index contributed by atoms with van der Waals surface area (Å²) in [5, 5.41) is 21.4. The van der Waals surface area contributed by atoms with Gasteiger partial charge in [-0.15, -0.1) is 0 Å². The number of halogens is 1. The van der Waals surface area contributed by atoms with E-state index in [0.29, 0.717) is 41.4 Å². The molecule has 1 unspecified atom stereocenters. The van der Waals surface area contributed by atoms with Gasteiger partial charge in [-0.25, -0.2) is 0 Å². The first-order valence-corrected chi connectivity index (χ1v) is 10.3. The minimum absolute atomic E-state index is 0.0412. The van der Waals surface area contributed by atoms with Crippen molar-refractivity contribution in [1.82, 2.24) is 4.57 Å². The first kappa shape index (κ1) is 20.9. The highest BCUT2D eigenvalue weighted by atomic mass is 35.5. The van der Waals surface area contributed by atoms with Crippen LogP contribution in [0.1, 0.15) is 40.0 Å². The zero-order valence-electron chi connectivity index (χ0n) is 16.6. The van der Waals surface area contributed by atoms with Gasteiger partial charge in [-0.2, -0.15) is 5.26 Å². The largest absolute Gasteiger partial charge is 0.366 e. The van der Waals surface area contributed by atoms with Gasteiger partial charge in [0.05, 0.1) is 5.69 Å². The number of fused-ring (bicyclic) bond motifs is 1. The van der Waals surface area contributed by atoms with E-state index in [2.05, 4.69) is 0 Å². The molecular formula is C24H20ClN3O3. The zero-order chi connectivity index (χ0) is 22.2. The van der Waals surface area contributed by atoms with Gasteiger partial charge in [0.2, 0.25) is 0 Å². The number of nitriles is 1. The van der Waals surface area contributed by atoms with Gasteiger partial charge in [0, 0.05) is 34.8 Å². The van der Waals surface area contributed by atoms with E-state index < -0.39 is 11.5 Å². The predicted octanol–water partition coefficient (Wildman–Crippen LogP) is 3.57. The molecule has 3 N–H and O–H groups in total. The molecule has 1 amide bonds. The van der Waals surface area contributed by atoms with Gasteiger partial charge in [-0.1, -0.05) is 54.1 Å². The highest BCUT2D eigenvalue weighted by Gasteiger charge is 2.46. The number of Topliss-reactive ketones (excluding diaryl/α,β-unsaturated/α-hetero) is 1. The minimum Gasteiger partial charge on any atom is -0.366 e. The second kappa shape index (κ2) is 8.03. The molecule has 1 heterocycles. The molecule has 0 saturated heterocycles. The number of carbonyl (C=O) groups excluding carboxylic acids is 2. The van der Waals surface area contributed by atoms with E-state index in [0.717, 1.165) is 5.56 Å². The molecule has 6 nitrogen and oxygen atoms in total. The summed E-state index contributed by atoms with van der Waals surface area (Å²) < 4.78 is 1.91. The van der Waals surface area contributed by atoms with Crippen LogP contribution in [0.15, 0.2) is 54.6 Å². The summed E-state index contributed by atoms with van der Waals surface area (Å²) in [4.78, 5) is 25.2. The first-order valence-electron chi connectivity index (χ1n) is 9.89. The Bertz CT molecular complexity index is 1210. The van der Waals surface area contributed by atoms with Crippen molar-refractivity contribution in [2.45, 2.75) is 31.4 Å². The Labute approximate surface area is 184 Å². The number of benzene rings is 2. The van der Waals surface area contributed by atoms with Crippen molar-refractivity contribution in [1.29, 1.82) is 5.26 Å². The third kappa shape index (κ3) is 3.52. The van der Waals surface area contributed by atoms with Crippen molar-refractivity contribution >= 4 is 23.3 Å². The number of nitrogens with zero attached hydrogens (tertiary/aromatic N) is 2. The number of ketones is 1. The predicted molar refractivity (Wildman–Crippen MR) is 116 cm³/mol. The monoisotopic (exact) mass is 433 g/mol. The number of aromatic nitrogens is 1. The Hall–Kier alpha value is -3.40. The van der Waals surface area contributed by atoms with Crippen molar-refractivity contribution in [2.24, 2.45) is 5.73 Å². The van der Waals surface area contributed by atoms with Crippen LogP contribution in [-0.2, 0) is 23.4 Å². The van der Waals surface area contributed by atoms with E-state index in [1.165, 1.54) is 0 Å². The van der Waals surface area contributed by atoms with Gasteiger partial charge in [0.25, 0.3) is 11.5 Å². The number of hydrogen-bond acceptors (Lipinski definition) is 4. The summed E-state index contributed by atoms with van der Waals surface area (Å²) in [5.74, 6) is -1.43. The lowest BCUT2D eigenvalue weighted by atomic mass is 9.84. The van der Waals surface area contributed by atoms with E-state index in [-0.39, 0.29) is 23.3 Å². The maximum atomic E-state index is 13.0. The van der Waals surface area contributed by atoms with E-state index >= 15 is 0 Å². The van der Waals surface area contributed by atoms with E-state index in [4.69, 9.17) is 17.3 Å². The fourth-order valence-electron chi connectivity index (χ4n) is 4.20. The Morgan fingerprint density at radius 1 is 1.16 bits per heavy atom. The topological polar surface area (TPSA) is 109 Å². The van der Waals surface area contributed by atoms with E-state index in [1.54, 1.807) is 30.3 Å². The van der Waals surface area contributed by atoms with Gasteiger partial charge < -0.3 is 15.4 Å². The quantitative estimate of drug-likeness (QED) is 0.599. The number of aliphatic hydroxyl groups is 1. The molecule has 1 aliphatic carbocycles. The highest BCUT2D eigenvalue weighted by Crippen LogP contribution is 2.42. The molecular weight excluding hydrogens is 414 g/mol. The van der Waals surface area contributed by atoms with Crippen LogP contribution in [0, 0.1) is 11.3 Å². The average Bonchev–Trinajstić information content (AvgIpc) is 3.10. The van der Waals surface area contributed by atoms with Crippen molar-refractivity contribution in [3.63, 3.8) is 0 Å². The van der Waals surface area contributed by atoms with Crippen LogP contribution < -0.4 is 5.73 Å². The molecule has 0 bridgehead atoms. The summed E-state index contributed by atoms with van der Waals surface area (Å²) >= 11 is 6.06. The molecule has 0 spiro atoms. The molecule has 0 fully saturated rings. The van der Waals surface area contributed by atoms with Crippen molar-refractivity contribution < 1.29 is 14.7 Å². The number of carbonyl (C=O) groups is 2. The summed E-state index contributed by atoms with van der Waals surface area (Å²) in [5.41, 5.74) is 5.70. The van der Waals surface area contributed by atoms with E-state index in [9.17, 15) is 20.0 Å². The molecule has 0 saturated carbocycles. The minimum atomic E-state index is -2.64. The lowest BCUT2D eigenvalue weighted by Crippen LogP contribution is -2.41. The summed E-state index contributed by atoms with van der Waals surface area (Å²) in [6, 6.07) is 18.1. The van der Waals surface area contributed by atoms with Gasteiger partial charge in [0.15, 0.2) is 5.78 Å². The van der Waals surface area contributed by atoms with Crippen molar-refractivity contribution in [3.05, 3.63) is 82.0 Å². The maximum absolute atomic E-state index is 13.0. The van der Waals surface area contributed by atoms with Crippen molar-refractivity contribution in [3.8, 4) is 17.3 Å². The zero-order valence-corrected chi connectivity index (χ0v) is 17.4. The molecule has 1 aromatic heterocycles. The van der Waals surface area contributed by atoms with Crippen LogP contribution in [0.2, 0.25) is 5.02 Å². The second-order valence-corrected chi connectivity index (χ2v) is 8.02. The number of nitrogens with two attached hydrogens (primary N) is 1. The summed E-state index contributed by atoms with van der Waals surface area (Å²) in [6.07, 6.45) is 1.50. The molecule has 0 radical (unpaired) electrons. The molecule has 1 atom stereocenters. The summed E-state index contributed by atoms with van der Waals surface area (Å²) in [6.45, 7) is 0.398. The average molecular weight is 434 g/mol. The second-order valence-electron chi connectivity index (χ2n) is 7.59. The van der Waals surface area contributed by atoms with Crippen LogP contribution >= 0.6 is 11.6 Å². The lowest BCUT2D eigenvalue weighted by molar-refractivity contribution is -0.131. The fourth-order valence-corrected chi connectivity index (χ4v) is 4.33. The molecule has 3 aromatic rings. The Kier molecular flexibility index (Phi) is 5.40. The van der Waals surface area contributed by atoms with Crippen molar-refractivity contribution in [2.75, 3.05) is 0 Å². The van der Waals surface area contributed by atoms with E-state index in [1.807, 2.05) is 34.9 Å². The van der Waals surface area contributed by atoms with Crippen LogP contribution in [0.4, 0.5) is 0 Å². The summed E-state index contributed by atoms with van der Waals surface area (Å²) in [7, 11) is 0. The van der Waals surface area contributed by atoms with Gasteiger partial charge in [0.1, 0.15) is 6.07 Å². The molecule has 0 aliphatic heterocycles. The lowest BCUT2D eigenvalue weighted by Gasteiger charge is -2.20. The van der Waals surface area contributed by atoms with Gasteiger partial charge in [-0.3, -0.25) is 9.59 Å². The molecule has 156 valence electrons. The van der Waals surface area contributed by atoms with Crippen LogP contribution in [0.3, 0.4) is 0 Å². The van der Waals surface area contributed by atoms with Gasteiger partial charge in [-0.05, 0) is 36.1 Å². The van der Waals surface area contributed by atoms with Crippen LogP contribution in [0.25, 0.3) is 11.3 Å². The smallest absolute Gasteiger partial charge is 0.269 e. The number of hydrogen-bond donors (Lipinski definition) is 2. The third-order valence-electron chi connectivity index (χ3n) is 5.65. The van der Waals surface area contributed by atoms with Crippen LogP contribution in [0.5, 0.6) is 0 Å². The molecule has 1 aliphatic rings. The number of amides is 1. The first-order chi connectivity index (χ1) is 14.9. The molecule has 31 heavy (non-hydrogen) atoms.